The number of amides is 1. The van der Waals surface area contributed by atoms with Gasteiger partial charge >= 0.3 is 5.97 Å². The number of carboxylic acids is 1. The van der Waals surface area contributed by atoms with E-state index in [1.54, 1.807) is 25.0 Å². The molecule has 1 aliphatic heterocycles. The van der Waals surface area contributed by atoms with Gasteiger partial charge in [0.1, 0.15) is 5.75 Å². The van der Waals surface area contributed by atoms with Gasteiger partial charge in [-0.3, -0.25) is 9.59 Å². The van der Waals surface area contributed by atoms with Gasteiger partial charge in [0.05, 0.1) is 23.8 Å². The van der Waals surface area contributed by atoms with Crippen LogP contribution in [0.1, 0.15) is 30.1 Å². The Morgan fingerprint density at radius 1 is 1.15 bits per heavy atom. The van der Waals surface area contributed by atoms with Crippen molar-refractivity contribution in [3.63, 3.8) is 0 Å². The minimum atomic E-state index is -0.897. The van der Waals surface area contributed by atoms with Crippen molar-refractivity contribution in [3.8, 4) is 5.75 Å². The Bertz CT molecular complexity index is 834. The van der Waals surface area contributed by atoms with E-state index in [0.29, 0.717) is 30.6 Å². The number of rotatable bonds is 5. The van der Waals surface area contributed by atoms with Crippen LogP contribution in [-0.2, 0) is 4.79 Å². The number of nitrogens with zero attached hydrogens (tertiary/aromatic N) is 1. The van der Waals surface area contributed by atoms with Crippen LogP contribution in [0.2, 0.25) is 0 Å². The van der Waals surface area contributed by atoms with Crippen LogP contribution in [0.3, 0.4) is 0 Å². The molecule has 1 fully saturated rings. The Morgan fingerprint density at radius 3 is 2.52 bits per heavy atom. The number of benzene rings is 2. The summed E-state index contributed by atoms with van der Waals surface area (Å²) in [5.41, 5.74) is 1.16. The predicted molar refractivity (Wildman–Crippen MR) is 104 cm³/mol. The first-order chi connectivity index (χ1) is 12.9. The molecule has 0 bridgehead atoms. The summed E-state index contributed by atoms with van der Waals surface area (Å²) >= 11 is 0. The summed E-state index contributed by atoms with van der Waals surface area (Å²) in [6, 6.07) is 14.7. The average molecular weight is 368 g/mol. The number of anilines is 2. The topological polar surface area (TPSA) is 78.9 Å². The fourth-order valence-corrected chi connectivity index (χ4v) is 3.37. The summed E-state index contributed by atoms with van der Waals surface area (Å²) in [5.74, 6) is -0.255. The van der Waals surface area contributed by atoms with Crippen molar-refractivity contribution < 1.29 is 19.4 Å². The second-order valence-electron chi connectivity index (χ2n) is 7.10. The highest BCUT2D eigenvalue weighted by Crippen LogP contribution is 2.32. The molecule has 1 aliphatic rings. The molecule has 142 valence electrons. The van der Waals surface area contributed by atoms with Crippen LogP contribution < -0.4 is 10.1 Å². The Balaban J connectivity index is 1.82. The smallest absolute Gasteiger partial charge is 0.311 e. The number of piperidine rings is 1. The summed E-state index contributed by atoms with van der Waals surface area (Å²) in [6.45, 7) is 2.49. The van der Waals surface area contributed by atoms with E-state index in [1.165, 1.54) is 0 Å². The van der Waals surface area contributed by atoms with E-state index >= 15 is 0 Å². The van der Waals surface area contributed by atoms with Gasteiger partial charge < -0.3 is 20.1 Å². The number of likely N-dealkylation sites (tertiary alicyclic amines) is 1. The Labute approximate surface area is 158 Å². The molecule has 6 heteroatoms. The van der Waals surface area contributed by atoms with Crippen molar-refractivity contribution in [2.75, 3.05) is 25.5 Å². The largest absolute Gasteiger partial charge is 0.497 e. The molecule has 27 heavy (non-hydrogen) atoms. The Kier molecular flexibility index (Phi) is 5.35. The summed E-state index contributed by atoms with van der Waals surface area (Å²) < 4.78 is 5.16. The lowest BCUT2D eigenvalue weighted by Gasteiger charge is -2.37. The second-order valence-corrected chi connectivity index (χ2v) is 7.10. The molecule has 0 aromatic heterocycles. The van der Waals surface area contributed by atoms with Gasteiger partial charge in [-0.2, -0.15) is 0 Å². The van der Waals surface area contributed by atoms with E-state index in [9.17, 15) is 14.7 Å². The van der Waals surface area contributed by atoms with E-state index in [2.05, 4.69) is 5.32 Å². The van der Waals surface area contributed by atoms with Gasteiger partial charge in [0, 0.05) is 18.8 Å². The molecule has 1 atom stereocenters. The van der Waals surface area contributed by atoms with Crippen molar-refractivity contribution in [2.24, 2.45) is 5.41 Å². The van der Waals surface area contributed by atoms with Crippen molar-refractivity contribution in [1.29, 1.82) is 0 Å². The van der Waals surface area contributed by atoms with Crippen LogP contribution in [0, 0.1) is 5.41 Å². The van der Waals surface area contributed by atoms with Crippen molar-refractivity contribution in [3.05, 3.63) is 54.1 Å². The summed E-state index contributed by atoms with van der Waals surface area (Å²) in [6.07, 6.45) is 1.26. The van der Waals surface area contributed by atoms with Crippen LogP contribution in [0.5, 0.6) is 5.75 Å². The summed E-state index contributed by atoms with van der Waals surface area (Å²) in [5, 5.41) is 12.8. The van der Waals surface area contributed by atoms with Gasteiger partial charge in [-0.05, 0) is 56.2 Å². The number of methoxy groups -OCH3 is 1. The van der Waals surface area contributed by atoms with Gasteiger partial charge in [0.2, 0.25) is 0 Å². The van der Waals surface area contributed by atoms with E-state index < -0.39 is 11.4 Å². The maximum absolute atomic E-state index is 13.1. The third-order valence-electron chi connectivity index (χ3n) is 5.03. The zero-order valence-electron chi connectivity index (χ0n) is 15.6. The number of hydrogen-bond acceptors (Lipinski definition) is 4. The van der Waals surface area contributed by atoms with E-state index in [0.717, 1.165) is 11.4 Å². The first-order valence-corrected chi connectivity index (χ1v) is 8.96. The number of carbonyl (C=O) groups is 2. The van der Waals surface area contributed by atoms with E-state index in [1.807, 2.05) is 42.5 Å². The number of carbonyl (C=O) groups excluding carboxylic acids is 1. The summed E-state index contributed by atoms with van der Waals surface area (Å²) in [7, 11) is 1.61. The monoisotopic (exact) mass is 368 g/mol. The highest BCUT2D eigenvalue weighted by atomic mass is 16.5. The van der Waals surface area contributed by atoms with Gasteiger partial charge in [-0.25, -0.2) is 0 Å². The highest BCUT2D eigenvalue weighted by Gasteiger charge is 2.39. The predicted octanol–water partition coefficient (Wildman–Crippen LogP) is 3.77. The van der Waals surface area contributed by atoms with E-state index in [-0.39, 0.29) is 12.5 Å². The van der Waals surface area contributed by atoms with Gasteiger partial charge in [-0.1, -0.05) is 12.1 Å². The lowest BCUT2D eigenvalue weighted by atomic mass is 9.82. The molecule has 0 saturated carbocycles. The maximum Gasteiger partial charge on any atom is 0.311 e. The Morgan fingerprint density at radius 2 is 1.85 bits per heavy atom. The second kappa shape index (κ2) is 7.70. The van der Waals surface area contributed by atoms with Crippen LogP contribution in [0.25, 0.3) is 0 Å². The molecule has 2 aromatic rings. The summed E-state index contributed by atoms with van der Waals surface area (Å²) in [4.78, 5) is 26.3. The van der Waals surface area contributed by atoms with E-state index in [4.69, 9.17) is 4.74 Å². The number of ether oxygens (including phenoxy) is 1. The lowest BCUT2D eigenvalue weighted by Crippen LogP contribution is -2.48. The molecule has 2 aromatic carbocycles. The number of aliphatic carboxylic acids is 1. The van der Waals surface area contributed by atoms with Crippen molar-refractivity contribution in [1.82, 2.24) is 4.90 Å². The minimum absolute atomic E-state index is 0.154. The van der Waals surface area contributed by atoms with Gasteiger partial charge in [0.25, 0.3) is 5.91 Å². The van der Waals surface area contributed by atoms with Crippen LogP contribution >= 0.6 is 0 Å². The van der Waals surface area contributed by atoms with Crippen molar-refractivity contribution in [2.45, 2.75) is 19.8 Å². The fourth-order valence-electron chi connectivity index (χ4n) is 3.37. The van der Waals surface area contributed by atoms with Gasteiger partial charge in [-0.15, -0.1) is 0 Å². The van der Waals surface area contributed by atoms with Crippen LogP contribution in [0.15, 0.2) is 48.5 Å². The third-order valence-corrected chi connectivity index (χ3v) is 5.03. The molecular formula is C21H24N2O4. The molecule has 3 rings (SSSR count). The third kappa shape index (κ3) is 4.05. The van der Waals surface area contributed by atoms with Crippen molar-refractivity contribution >= 4 is 23.3 Å². The van der Waals surface area contributed by atoms with Crippen LogP contribution in [0.4, 0.5) is 11.4 Å². The fraction of sp³-hybridized carbons (Fsp3) is 0.333. The molecule has 1 heterocycles. The molecule has 1 unspecified atom stereocenters. The normalized spacial score (nSPS) is 19.4. The van der Waals surface area contributed by atoms with Crippen LogP contribution in [-0.4, -0.2) is 42.1 Å². The first-order valence-electron chi connectivity index (χ1n) is 8.96. The molecular weight excluding hydrogens is 344 g/mol. The lowest BCUT2D eigenvalue weighted by molar-refractivity contribution is -0.150. The number of carboxylic acid groups (broad SMARTS) is 1. The minimum Gasteiger partial charge on any atom is -0.497 e. The first kappa shape index (κ1) is 18.8. The molecule has 1 amide bonds. The zero-order chi connectivity index (χ0) is 19.4. The SMILES string of the molecule is COc1ccc(Nc2ccccc2C(=O)N2CCCC(C)(C(=O)O)C2)cc1. The molecule has 1 saturated heterocycles. The number of para-hydroxylation sites is 1. The highest BCUT2D eigenvalue weighted by molar-refractivity contribution is 6.00. The quantitative estimate of drug-likeness (QED) is 0.840. The number of hydrogen-bond donors (Lipinski definition) is 2. The molecule has 6 nitrogen and oxygen atoms in total. The molecule has 0 aliphatic carbocycles. The number of nitrogens with one attached hydrogen (secondary N) is 1. The standard InChI is InChI=1S/C21H24N2O4/c1-21(20(25)26)12-5-13-23(14-21)19(24)17-6-3-4-7-18(17)22-15-8-10-16(27-2)11-9-15/h3-4,6-11,22H,5,12-14H2,1-2H3,(H,25,26). The zero-order valence-corrected chi connectivity index (χ0v) is 15.6. The Hall–Kier alpha value is -3.02. The van der Waals surface area contributed by atoms with Gasteiger partial charge in [0.15, 0.2) is 0 Å². The molecule has 0 radical (unpaired) electrons. The molecule has 2 N–H and O–H groups in total. The molecule has 0 spiro atoms. The maximum atomic E-state index is 13.1. The average Bonchev–Trinajstić information content (AvgIpc) is 2.68.